The van der Waals surface area contributed by atoms with Crippen molar-refractivity contribution >= 4 is 12.2 Å². The van der Waals surface area contributed by atoms with Crippen molar-refractivity contribution in [1.29, 1.82) is 0 Å². The molecule has 0 amide bonds. The van der Waals surface area contributed by atoms with Crippen molar-refractivity contribution in [3.8, 4) is 11.5 Å². The Morgan fingerprint density at radius 2 is 1.74 bits per heavy atom. The highest BCUT2D eigenvalue weighted by Crippen LogP contribution is 2.31. The number of benzene rings is 1. The maximum Gasteiger partial charge on any atom is 0.167 e. The van der Waals surface area contributed by atoms with Crippen molar-refractivity contribution in [1.82, 2.24) is 4.98 Å². The van der Waals surface area contributed by atoms with E-state index in [0.29, 0.717) is 0 Å². The van der Waals surface area contributed by atoms with Gasteiger partial charge in [0.05, 0.1) is 19.9 Å². The molecule has 0 saturated heterocycles. The van der Waals surface area contributed by atoms with Crippen LogP contribution in [0.5, 0.6) is 11.5 Å². The minimum atomic E-state index is 0.724. The molecule has 0 radical (unpaired) electrons. The van der Waals surface area contributed by atoms with Gasteiger partial charge < -0.3 is 9.47 Å². The second-order valence-electron chi connectivity index (χ2n) is 4.12. The lowest BCUT2D eigenvalue weighted by Crippen LogP contribution is -1.92. The molecule has 0 aliphatic rings. The lowest BCUT2D eigenvalue weighted by molar-refractivity contribution is 0.354. The summed E-state index contributed by atoms with van der Waals surface area (Å²) in [5, 5.41) is 0. The molecule has 0 atom stereocenters. The van der Waals surface area contributed by atoms with Crippen LogP contribution < -0.4 is 9.47 Å². The smallest absolute Gasteiger partial charge is 0.167 e. The Labute approximate surface area is 113 Å². The molecular weight excluding hydrogens is 238 g/mol. The van der Waals surface area contributed by atoms with Crippen molar-refractivity contribution < 1.29 is 9.47 Å². The number of aromatic nitrogens is 1. The Morgan fingerprint density at radius 1 is 0.947 bits per heavy atom. The number of hydrogen-bond donors (Lipinski definition) is 0. The molecule has 3 heteroatoms. The summed E-state index contributed by atoms with van der Waals surface area (Å²) in [7, 11) is 3.27. The summed E-state index contributed by atoms with van der Waals surface area (Å²) in [6.07, 6.45) is 3.94. The summed E-state index contributed by atoms with van der Waals surface area (Å²) in [5.74, 6) is 1.45. The molecule has 1 heterocycles. The van der Waals surface area contributed by atoms with Crippen molar-refractivity contribution in [2.45, 2.75) is 6.92 Å². The van der Waals surface area contributed by atoms with E-state index in [1.807, 2.05) is 55.5 Å². The van der Waals surface area contributed by atoms with Gasteiger partial charge in [-0.05, 0) is 37.3 Å². The highest BCUT2D eigenvalue weighted by molar-refractivity contribution is 5.73. The van der Waals surface area contributed by atoms with Crippen molar-refractivity contribution in [3.63, 3.8) is 0 Å². The van der Waals surface area contributed by atoms with E-state index in [9.17, 15) is 0 Å². The Kier molecular flexibility index (Phi) is 4.18. The maximum absolute atomic E-state index is 5.38. The van der Waals surface area contributed by atoms with Crippen LogP contribution in [0.4, 0.5) is 0 Å². The van der Waals surface area contributed by atoms with E-state index in [2.05, 4.69) is 4.98 Å². The van der Waals surface area contributed by atoms with Crippen LogP contribution in [0.1, 0.15) is 17.0 Å². The SMILES string of the molecule is COc1cccc(C=Cc2cccc(C)n2)c1OC. The standard InChI is InChI=1S/C16H17NO2/c1-12-6-4-8-14(17-12)11-10-13-7-5-9-15(18-2)16(13)19-3/h4-11H,1-3H3. The number of methoxy groups -OCH3 is 2. The first-order valence-corrected chi connectivity index (χ1v) is 6.07. The van der Waals surface area contributed by atoms with Crippen molar-refractivity contribution in [2.24, 2.45) is 0 Å². The Morgan fingerprint density at radius 3 is 2.42 bits per heavy atom. The minimum Gasteiger partial charge on any atom is -0.493 e. The summed E-state index contributed by atoms with van der Waals surface area (Å²) >= 11 is 0. The first kappa shape index (κ1) is 13.1. The zero-order chi connectivity index (χ0) is 13.7. The van der Waals surface area contributed by atoms with Crippen LogP contribution in [0.25, 0.3) is 12.2 Å². The number of ether oxygens (including phenoxy) is 2. The van der Waals surface area contributed by atoms with Crippen molar-refractivity contribution in [2.75, 3.05) is 14.2 Å². The van der Waals surface area contributed by atoms with E-state index >= 15 is 0 Å². The molecule has 0 fully saturated rings. The van der Waals surface area contributed by atoms with Crippen molar-refractivity contribution in [3.05, 3.63) is 53.3 Å². The Balaban J connectivity index is 2.33. The van der Waals surface area contributed by atoms with Gasteiger partial charge in [0.25, 0.3) is 0 Å². The third-order valence-electron chi connectivity index (χ3n) is 2.78. The Hall–Kier alpha value is -2.29. The topological polar surface area (TPSA) is 31.4 Å². The van der Waals surface area contributed by atoms with Gasteiger partial charge in [-0.3, -0.25) is 4.98 Å². The zero-order valence-corrected chi connectivity index (χ0v) is 11.4. The van der Waals surface area contributed by atoms with Crippen LogP contribution in [-0.4, -0.2) is 19.2 Å². The van der Waals surface area contributed by atoms with E-state index in [0.717, 1.165) is 28.5 Å². The highest BCUT2D eigenvalue weighted by Gasteiger charge is 2.06. The lowest BCUT2D eigenvalue weighted by atomic mass is 10.1. The number of hydrogen-bond acceptors (Lipinski definition) is 3. The molecule has 0 saturated carbocycles. The van der Waals surface area contributed by atoms with E-state index in [1.54, 1.807) is 14.2 Å². The van der Waals surface area contributed by atoms with Crippen LogP contribution >= 0.6 is 0 Å². The summed E-state index contributed by atoms with van der Waals surface area (Å²) < 4.78 is 10.7. The molecule has 3 nitrogen and oxygen atoms in total. The fourth-order valence-electron chi connectivity index (χ4n) is 1.88. The number of aryl methyl sites for hydroxylation is 1. The number of rotatable bonds is 4. The molecule has 1 aromatic heterocycles. The van der Waals surface area contributed by atoms with Crippen LogP contribution in [0.2, 0.25) is 0 Å². The molecule has 0 bridgehead atoms. The predicted octanol–water partition coefficient (Wildman–Crippen LogP) is 3.58. The fourth-order valence-corrected chi connectivity index (χ4v) is 1.88. The van der Waals surface area contributed by atoms with Gasteiger partial charge in [-0.1, -0.05) is 18.2 Å². The van der Waals surface area contributed by atoms with Gasteiger partial charge in [0.2, 0.25) is 0 Å². The molecular formula is C16H17NO2. The molecule has 0 spiro atoms. The van der Waals surface area contributed by atoms with Gasteiger partial charge in [-0.2, -0.15) is 0 Å². The van der Waals surface area contributed by atoms with Crippen LogP contribution in [0.3, 0.4) is 0 Å². The van der Waals surface area contributed by atoms with E-state index in [4.69, 9.17) is 9.47 Å². The van der Waals surface area contributed by atoms with Crippen LogP contribution in [0.15, 0.2) is 36.4 Å². The Bertz CT molecular complexity index is 591. The summed E-state index contributed by atoms with van der Waals surface area (Å²) in [5.41, 5.74) is 2.88. The first-order chi connectivity index (χ1) is 9.24. The number of nitrogens with zero attached hydrogens (tertiary/aromatic N) is 1. The number of para-hydroxylation sites is 1. The second-order valence-corrected chi connectivity index (χ2v) is 4.12. The van der Waals surface area contributed by atoms with Gasteiger partial charge in [-0.15, -0.1) is 0 Å². The number of pyridine rings is 1. The third-order valence-corrected chi connectivity index (χ3v) is 2.78. The molecule has 2 aromatic rings. The van der Waals surface area contributed by atoms with Crippen LogP contribution in [0, 0.1) is 6.92 Å². The molecule has 1 aromatic carbocycles. The highest BCUT2D eigenvalue weighted by atomic mass is 16.5. The summed E-state index contributed by atoms with van der Waals surface area (Å²) in [6, 6.07) is 11.7. The largest absolute Gasteiger partial charge is 0.493 e. The molecule has 0 aliphatic heterocycles. The summed E-state index contributed by atoms with van der Waals surface area (Å²) in [4.78, 5) is 4.43. The predicted molar refractivity (Wildman–Crippen MR) is 77.4 cm³/mol. The molecule has 98 valence electrons. The van der Waals surface area contributed by atoms with Gasteiger partial charge in [0, 0.05) is 11.3 Å². The first-order valence-electron chi connectivity index (χ1n) is 6.07. The fraction of sp³-hybridized carbons (Fsp3) is 0.188. The molecule has 0 aliphatic carbocycles. The molecule has 0 unspecified atom stereocenters. The lowest BCUT2D eigenvalue weighted by Gasteiger charge is -2.09. The minimum absolute atomic E-state index is 0.724. The third kappa shape index (κ3) is 3.13. The van der Waals surface area contributed by atoms with E-state index in [-0.39, 0.29) is 0 Å². The van der Waals surface area contributed by atoms with Gasteiger partial charge in [0.15, 0.2) is 11.5 Å². The van der Waals surface area contributed by atoms with Gasteiger partial charge >= 0.3 is 0 Å². The van der Waals surface area contributed by atoms with E-state index < -0.39 is 0 Å². The average Bonchev–Trinajstić information content (AvgIpc) is 2.44. The quantitative estimate of drug-likeness (QED) is 0.836. The van der Waals surface area contributed by atoms with E-state index in [1.165, 1.54) is 0 Å². The maximum atomic E-state index is 5.38. The van der Waals surface area contributed by atoms with Gasteiger partial charge in [-0.25, -0.2) is 0 Å². The summed E-state index contributed by atoms with van der Waals surface area (Å²) in [6.45, 7) is 1.98. The molecule has 19 heavy (non-hydrogen) atoms. The normalized spacial score (nSPS) is 10.7. The molecule has 0 N–H and O–H groups in total. The molecule has 2 rings (SSSR count). The van der Waals surface area contributed by atoms with Crippen LogP contribution in [-0.2, 0) is 0 Å². The monoisotopic (exact) mass is 255 g/mol. The average molecular weight is 255 g/mol. The van der Waals surface area contributed by atoms with Gasteiger partial charge in [0.1, 0.15) is 0 Å². The zero-order valence-electron chi connectivity index (χ0n) is 11.4. The second kappa shape index (κ2) is 6.05.